The van der Waals surface area contributed by atoms with Crippen LogP contribution >= 0.6 is 0 Å². The summed E-state index contributed by atoms with van der Waals surface area (Å²) in [6.07, 6.45) is -5.21. The molecule has 0 radical (unpaired) electrons. The van der Waals surface area contributed by atoms with Crippen LogP contribution in [0, 0.1) is 0 Å². The van der Waals surface area contributed by atoms with Crippen molar-refractivity contribution in [1.82, 2.24) is 15.1 Å². The maximum Gasteiger partial charge on any atom is 0.511 e. The van der Waals surface area contributed by atoms with Gasteiger partial charge in [0, 0.05) is 38.6 Å². The van der Waals surface area contributed by atoms with Crippen LogP contribution in [0.2, 0.25) is 0 Å². The van der Waals surface area contributed by atoms with Gasteiger partial charge in [-0.3, -0.25) is 14.4 Å². The van der Waals surface area contributed by atoms with Crippen LogP contribution < -0.4 is 15.0 Å². The number of anilines is 1. The molecule has 47 heavy (non-hydrogen) atoms. The summed E-state index contributed by atoms with van der Waals surface area (Å²) < 4.78 is 63.8. The second-order valence-corrected chi connectivity index (χ2v) is 12.0. The smallest absolute Gasteiger partial charge is 0.476 e. The molecule has 4 amide bonds. The largest absolute Gasteiger partial charge is 0.511 e. The normalized spacial score (nSPS) is 17.4. The Morgan fingerprint density at radius 1 is 1.13 bits per heavy atom. The second-order valence-electron chi connectivity index (χ2n) is 12.0. The number of hydrogen-bond donors (Lipinski definition) is 1. The van der Waals surface area contributed by atoms with Gasteiger partial charge in [-0.25, -0.2) is 9.59 Å². The monoisotopic (exact) mass is 672 g/mol. The van der Waals surface area contributed by atoms with Gasteiger partial charge in [-0.15, -0.1) is 0 Å². The molecule has 0 unspecified atom stereocenters. The molecule has 1 aromatic rings. The molecule has 1 aromatic carbocycles. The van der Waals surface area contributed by atoms with Crippen molar-refractivity contribution in [3.05, 3.63) is 23.3 Å². The number of nitrogens with zero attached hydrogens (tertiary/aromatic N) is 3. The lowest BCUT2D eigenvalue weighted by Gasteiger charge is -2.42. The number of carbonyl (C=O) groups is 5. The highest BCUT2D eigenvalue weighted by atomic mass is 19.4. The van der Waals surface area contributed by atoms with E-state index in [0.29, 0.717) is 19.3 Å². The molecule has 0 aromatic heterocycles. The number of fused-ring (bicyclic) bond motifs is 1. The standard InChI is InChI=1S/C31H43F3N4O9/c1-7-14-44-29(43)46-18-45-28(42)36-12-9-10-20(17-36)38(19(3)4)26(40)21-15-23-24(16-22(21)31(32,33)34)47-30(5,6)27(41)37(23)13-11-35-25(39)8-2/h15-16,19-20H,7-14,17-18H2,1-6H3,(H,35,39)/t20-/m1/s1. The Bertz CT molecular complexity index is 1340. The molecule has 1 N–H and O–H groups in total. The van der Waals surface area contributed by atoms with E-state index < -0.39 is 65.8 Å². The molecule has 3 rings (SSSR count). The van der Waals surface area contributed by atoms with Crippen LogP contribution in [0.4, 0.5) is 28.4 Å². The van der Waals surface area contributed by atoms with E-state index in [2.05, 4.69) is 5.32 Å². The minimum atomic E-state index is -4.96. The van der Waals surface area contributed by atoms with Crippen molar-refractivity contribution >= 4 is 35.7 Å². The van der Waals surface area contributed by atoms with Crippen molar-refractivity contribution in [3.8, 4) is 5.75 Å². The topological polar surface area (TPSA) is 144 Å². The average molecular weight is 673 g/mol. The molecule has 0 aliphatic carbocycles. The van der Waals surface area contributed by atoms with Crippen LogP contribution in [0.1, 0.15) is 83.1 Å². The van der Waals surface area contributed by atoms with Crippen LogP contribution in [0.5, 0.6) is 5.75 Å². The fourth-order valence-electron chi connectivity index (χ4n) is 5.43. The number of carbonyl (C=O) groups excluding carboxylic acids is 5. The van der Waals surface area contributed by atoms with Crippen molar-refractivity contribution in [1.29, 1.82) is 0 Å². The van der Waals surface area contributed by atoms with E-state index in [-0.39, 0.29) is 56.6 Å². The molecule has 1 atom stereocenters. The molecule has 262 valence electrons. The lowest BCUT2D eigenvalue weighted by molar-refractivity contribution is -0.138. The number of nitrogens with one attached hydrogen (secondary N) is 1. The molecule has 2 aliphatic rings. The van der Waals surface area contributed by atoms with Gasteiger partial charge in [0.2, 0.25) is 12.7 Å². The SMILES string of the molecule is CCCOC(=O)OCOC(=O)N1CCC[C@@H](N(C(=O)c2cc3c(cc2C(F)(F)F)OC(C)(C)C(=O)N3CCNC(=O)CC)C(C)C)C1. The zero-order valence-electron chi connectivity index (χ0n) is 27.5. The molecule has 16 heteroatoms. The van der Waals surface area contributed by atoms with E-state index >= 15 is 0 Å². The number of halogens is 3. The maximum atomic E-state index is 14.5. The molecule has 0 saturated carbocycles. The Hall–Kier alpha value is -4.24. The molecule has 0 bridgehead atoms. The maximum absolute atomic E-state index is 14.5. The summed E-state index contributed by atoms with van der Waals surface area (Å²) in [6.45, 7) is 9.18. The van der Waals surface area contributed by atoms with E-state index in [1.165, 1.54) is 28.5 Å². The third-order valence-corrected chi connectivity index (χ3v) is 7.65. The molecule has 2 heterocycles. The fourth-order valence-corrected chi connectivity index (χ4v) is 5.43. The van der Waals surface area contributed by atoms with Crippen LogP contribution in [0.3, 0.4) is 0 Å². The third kappa shape index (κ3) is 9.19. The molecule has 2 aliphatic heterocycles. The van der Waals surface area contributed by atoms with Crippen LogP contribution in [0.15, 0.2) is 12.1 Å². The van der Waals surface area contributed by atoms with E-state index in [1.807, 2.05) is 0 Å². The van der Waals surface area contributed by atoms with Crippen LogP contribution in [-0.2, 0) is 30.0 Å². The van der Waals surface area contributed by atoms with Gasteiger partial charge in [-0.2, -0.15) is 13.2 Å². The highest BCUT2D eigenvalue weighted by Crippen LogP contribution is 2.44. The Balaban J connectivity index is 1.92. The third-order valence-electron chi connectivity index (χ3n) is 7.65. The molecule has 1 fully saturated rings. The molecule has 0 spiro atoms. The first kappa shape index (κ1) is 37.2. The summed E-state index contributed by atoms with van der Waals surface area (Å²) in [7, 11) is 0. The van der Waals surface area contributed by atoms with E-state index in [4.69, 9.17) is 18.9 Å². The first-order chi connectivity index (χ1) is 22.0. The van der Waals surface area contributed by atoms with Crippen molar-refractivity contribution < 1.29 is 56.1 Å². The number of benzene rings is 1. The van der Waals surface area contributed by atoms with Crippen molar-refractivity contribution in [3.63, 3.8) is 0 Å². The number of piperidine rings is 1. The van der Waals surface area contributed by atoms with E-state index in [0.717, 1.165) is 12.1 Å². The lowest BCUT2D eigenvalue weighted by Crippen LogP contribution is -2.55. The molecular weight excluding hydrogens is 629 g/mol. The van der Waals surface area contributed by atoms with Crippen molar-refractivity contribution in [2.45, 2.75) is 91.1 Å². The first-order valence-corrected chi connectivity index (χ1v) is 15.6. The highest BCUT2D eigenvalue weighted by Gasteiger charge is 2.45. The van der Waals surface area contributed by atoms with Crippen LogP contribution in [-0.4, -0.2) is 97.0 Å². The Morgan fingerprint density at radius 2 is 1.83 bits per heavy atom. The quantitative estimate of drug-likeness (QED) is 0.261. The van der Waals surface area contributed by atoms with Crippen LogP contribution in [0.25, 0.3) is 0 Å². The van der Waals surface area contributed by atoms with E-state index in [1.54, 1.807) is 27.7 Å². The van der Waals surface area contributed by atoms with Gasteiger partial charge in [0.15, 0.2) is 5.60 Å². The predicted octanol–water partition coefficient (Wildman–Crippen LogP) is 4.71. The van der Waals surface area contributed by atoms with Gasteiger partial charge < -0.3 is 39.0 Å². The number of hydrogen-bond acceptors (Lipinski definition) is 9. The lowest BCUT2D eigenvalue weighted by atomic mass is 9.96. The molecule has 1 saturated heterocycles. The van der Waals surface area contributed by atoms with E-state index in [9.17, 15) is 37.1 Å². The zero-order valence-corrected chi connectivity index (χ0v) is 27.5. The summed E-state index contributed by atoms with van der Waals surface area (Å²) in [4.78, 5) is 67.3. The minimum Gasteiger partial charge on any atom is -0.476 e. The zero-order chi connectivity index (χ0) is 35.1. The first-order valence-electron chi connectivity index (χ1n) is 15.6. The van der Waals surface area contributed by atoms with Crippen molar-refractivity contribution in [2.75, 3.05) is 44.5 Å². The van der Waals surface area contributed by atoms with Gasteiger partial charge in [0.05, 0.1) is 29.5 Å². The minimum absolute atomic E-state index is 0.0231. The summed E-state index contributed by atoms with van der Waals surface area (Å²) in [5, 5.41) is 2.64. The number of likely N-dealkylation sites (tertiary alicyclic amines) is 1. The number of alkyl halides is 3. The van der Waals surface area contributed by atoms with Crippen molar-refractivity contribution in [2.24, 2.45) is 0 Å². The van der Waals surface area contributed by atoms with Gasteiger partial charge in [-0.05, 0) is 59.1 Å². The fraction of sp³-hybridized carbons (Fsp3) is 0.645. The Labute approximate surface area is 271 Å². The predicted molar refractivity (Wildman–Crippen MR) is 162 cm³/mol. The number of amides is 4. The van der Waals surface area contributed by atoms with Gasteiger partial charge in [-0.1, -0.05) is 13.8 Å². The summed E-state index contributed by atoms with van der Waals surface area (Å²) in [6, 6.07) is 0.459. The number of ether oxygens (including phenoxy) is 4. The Kier molecular flexibility index (Phi) is 12.3. The van der Waals surface area contributed by atoms with Gasteiger partial charge in [0.1, 0.15) is 5.75 Å². The summed E-state index contributed by atoms with van der Waals surface area (Å²) in [5.74, 6) is -2.01. The highest BCUT2D eigenvalue weighted by molar-refractivity contribution is 6.05. The van der Waals surface area contributed by atoms with Gasteiger partial charge in [0.25, 0.3) is 11.8 Å². The number of rotatable bonds is 11. The summed E-state index contributed by atoms with van der Waals surface area (Å²) >= 11 is 0. The molecule has 13 nitrogen and oxygen atoms in total. The van der Waals surface area contributed by atoms with Gasteiger partial charge >= 0.3 is 18.4 Å². The molecular formula is C31H43F3N4O9. The average Bonchev–Trinajstić information content (AvgIpc) is 3.00. The Morgan fingerprint density at radius 3 is 2.45 bits per heavy atom. The second kappa shape index (κ2) is 15.6. The summed E-state index contributed by atoms with van der Waals surface area (Å²) in [5.41, 5.74) is -3.48.